The van der Waals surface area contributed by atoms with Crippen molar-refractivity contribution >= 4 is 28.5 Å². The molecule has 0 saturated heterocycles. The van der Waals surface area contributed by atoms with Gasteiger partial charge in [0.25, 0.3) is 0 Å². The van der Waals surface area contributed by atoms with Crippen molar-refractivity contribution in [2.24, 2.45) is 0 Å². The van der Waals surface area contributed by atoms with E-state index in [0.717, 1.165) is 33.3 Å². The second kappa shape index (κ2) is 7.85. The number of hydrogen-bond acceptors (Lipinski definition) is 7. The normalized spacial score (nSPS) is 12.0. The summed E-state index contributed by atoms with van der Waals surface area (Å²) in [6.07, 6.45) is 3.02. The summed E-state index contributed by atoms with van der Waals surface area (Å²) in [5, 5.41) is 15.2. The lowest BCUT2D eigenvalue weighted by Gasteiger charge is -2.22. The summed E-state index contributed by atoms with van der Waals surface area (Å²) in [6.45, 7) is 5.78. The van der Waals surface area contributed by atoms with Gasteiger partial charge in [0.05, 0.1) is 24.2 Å². The Balaban J connectivity index is 1.97. The molecule has 0 aliphatic heterocycles. The standard InChI is InChI=1S/C22H20ClN7O/c1-11-17(23)8-16(20(31-4)18(11)14-5-6-26-15(7-14)9-24)13(3)30-22-19(12(2)29-30)21(25)27-10-28-22/h5-8,10,13H,1-4H3,(H2,25,27,28). The lowest BCUT2D eigenvalue weighted by Crippen LogP contribution is -2.12. The lowest BCUT2D eigenvalue weighted by molar-refractivity contribution is 0.402. The summed E-state index contributed by atoms with van der Waals surface area (Å²) in [5.41, 5.74) is 11.0. The van der Waals surface area contributed by atoms with Crippen LogP contribution in [-0.4, -0.2) is 31.8 Å². The third kappa shape index (κ3) is 3.33. The minimum Gasteiger partial charge on any atom is -0.496 e. The first kappa shape index (κ1) is 20.6. The largest absolute Gasteiger partial charge is 0.496 e. The maximum Gasteiger partial charge on any atom is 0.164 e. The van der Waals surface area contributed by atoms with E-state index in [1.165, 1.54) is 6.33 Å². The number of hydrogen-bond donors (Lipinski definition) is 1. The van der Waals surface area contributed by atoms with Gasteiger partial charge in [-0.2, -0.15) is 10.4 Å². The van der Waals surface area contributed by atoms with Crippen LogP contribution in [0.1, 0.15) is 35.5 Å². The highest BCUT2D eigenvalue weighted by atomic mass is 35.5. The predicted molar refractivity (Wildman–Crippen MR) is 119 cm³/mol. The molecular weight excluding hydrogens is 414 g/mol. The average molecular weight is 434 g/mol. The number of methoxy groups -OCH3 is 1. The molecule has 0 radical (unpaired) electrons. The van der Waals surface area contributed by atoms with Crippen LogP contribution in [0.15, 0.2) is 30.7 Å². The van der Waals surface area contributed by atoms with Crippen molar-refractivity contribution in [2.75, 3.05) is 12.8 Å². The van der Waals surface area contributed by atoms with Gasteiger partial charge in [0.1, 0.15) is 29.7 Å². The molecule has 1 atom stereocenters. The zero-order valence-corrected chi connectivity index (χ0v) is 18.3. The first-order chi connectivity index (χ1) is 14.9. The molecular formula is C22H20ClN7O. The van der Waals surface area contributed by atoms with Gasteiger partial charge in [-0.3, -0.25) is 0 Å². The lowest BCUT2D eigenvalue weighted by atomic mass is 9.94. The molecule has 0 fully saturated rings. The van der Waals surface area contributed by atoms with Gasteiger partial charge in [0.2, 0.25) is 0 Å². The van der Waals surface area contributed by atoms with Crippen LogP contribution in [-0.2, 0) is 0 Å². The number of nitrogen functional groups attached to an aromatic ring is 1. The van der Waals surface area contributed by atoms with Crippen molar-refractivity contribution in [1.82, 2.24) is 24.7 Å². The molecule has 31 heavy (non-hydrogen) atoms. The van der Waals surface area contributed by atoms with Gasteiger partial charge >= 0.3 is 0 Å². The zero-order valence-electron chi connectivity index (χ0n) is 17.5. The number of nitrogens with two attached hydrogens (primary N) is 1. The maximum absolute atomic E-state index is 9.27. The summed E-state index contributed by atoms with van der Waals surface area (Å²) < 4.78 is 7.66. The Bertz CT molecular complexity index is 1360. The van der Waals surface area contributed by atoms with Crippen molar-refractivity contribution in [2.45, 2.75) is 26.8 Å². The molecule has 1 aromatic carbocycles. The Morgan fingerprint density at radius 1 is 1.23 bits per heavy atom. The van der Waals surface area contributed by atoms with Crippen LogP contribution in [0.3, 0.4) is 0 Å². The molecule has 1 unspecified atom stereocenters. The smallest absolute Gasteiger partial charge is 0.164 e. The molecule has 0 amide bonds. The maximum atomic E-state index is 9.27. The number of ether oxygens (including phenoxy) is 1. The van der Waals surface area contributed by atoms with Gasteiger partial charge in [-0.05, 0) is 50.1 Å². The van der Waals surface area contributed by atoms with Crippen LogP contribution in [0.2, 0.25) is 5.02 Å². The van der Waals surface area contributed by atoms with E-state index in [2.05, 4.69) is 26.1 Å². The van der Waals surface area contributed by atoms with Crippen LogP contribution in [0.4, 0.5) is 5.82 Å². The van der Waals surface area contributed by atoms with E-state index in [9.17, 15) is 5.26 Å². The van der Waals surface area contributed by atoms with E-state index >= 15 is 0 Å². The van der Waals surface area contributed by atoms with Crippen LogP contribution in [0.5, 0.6) is 5.75 Å². The molecule has 0 aliphatic rings. The fraction of sp³-hybridized carbons (Fsp3) is 0.227. The monoisotopic (exact) mass is 433 g/mol. The third-order valence-electron chi connectivity index (χ3n) is 5.38. The number of halogens is 1. The molecule has 0 saturated carbocycles. The number of aryl methyl sites for hydroxylation is 1. The quantitative estimate of drug-likeness (QED) is 0.511. The summed E-state index contributed by atoms with van der Waals surface area (Å²) >= 11 is 6.64. The molecule has 9 heteroatoms. The molecule has 0 bridgehead atoms. The molecule has 156 valence electrons. The van der Waals surface area contributed by atoms with Gasteiger partial charge in [0, 0.05) is 22.3 Å². The van der Waals surface area contributed by atoms with Gasteiger partial charge < -0.3 is 10.5 Å². The molecule has 0 spiro atoms. The van der Waals surface area contributed by atoms with Gasteiger partial charge in [-0.1, -0.05) is 11.6 Å². The van der Waals surface area contributed by atoms with Crippen LogP contribution < -0.4 is 10.5 Å². The first-order valence-electron chi connectivity index (χ1n) is 9.56. The highest BCUT2D eigenvalue weighted by Gasteiger charge is 2.25. The number of benzene rings is 1. The van der Waals surface area contributed by atoms with Gasteiger partial charge in [-0.15, -0.1) is 0 Å². The van der Waals surface area contributed by atoms with Gasteiger partial charge in [-0.25, -0.2) is 19.6 Å². The number of fused-ring (bicyclic) bond motifs is 1. The van der Waals surface area contributed by atoms with Crippen molar-refractivity contribution in [3.8, 4) is 22.9 Å². The fourth-order valence-electron chi connectivity index (χ4n) is 3.84. The number of nitriles is 1. The van der Waals surface area contributed by atoms with Crippen LogP contribution in [0.25, 0.3) is 22.2 Å². The molecule has 8 nitrogen and oxygen atoms in total. The van der Waals surface area contributed by atoms with Crippen molar-refractivity contribution in [3.05, 3.63) is 58.3 Å². The second-order valence-corrected chi connectivity index (χ2v) is 7.59. The highest BCUT2D eigenvalue weighted by Crippen LogP contribution is 2.43. The van der Waals surface area contributed by atoms with E-state index in [4.69, 9.17) is 22.1 Å². The number of nitrogens with zero attached hydrogens (tertiary/aromatic N) is 6. The van der Waals surface area contributed by atoms with E-state index in [-0.39, 0.29) is 6.04 Å². The Labute approximate surface area is 184 Å². The van der Waals surface area contributed by atoms with E-state index in [0.29, 0.717) is 27.9 Å². The molecule has 3 aromatic heterocycles. The van der Waals surface area contributed by atoms with Crippen molar-refractivity contribution < 1.29 is 4.74 Å². The fourth-order valence-corrected chi connectivity index (χ4v) is 4.05. The van der Waals surface area contributed by atoms with Crippen LogP contribution >= 0.6 is 11.6 Å². The predicted octanol–water partition coefficient (Wildman–Crippen LogP) is 4.23. The number of rotatable bonds is 4. The molecule has 4 aromatic rings. The molecule has 2 N–H and O–H groups in total. The third-order valence-corrected chi connectivity index (χ3v) is 5.77. The topological polar surface area (TPSA) is 116 Å². The highest BCUT2D eigenvalue weighted by molar-refractivity contribution is 6.32. The van der Waals surface area contributed by atoms with E-state index in [1.807, 2.05) is 32.9 Å². The summed E-state index contributed by atoms with van der Waals surface area (Å²) in [5.74, 6) is 1.03. The van der Waals surface area contributed by atoms with E-state index in [1.54, 1.807) is 24.1 Å². The second-order valence-electron chi connectivity index (χ2n) is 7.19. The molecule has 3 heterocycles. The Kier molecular flexibility index (Phi) is 5.21. The van der Waals surface area contributed by atoms with Gasteiger partial charge in [0.15, 0.2) is 5.65 Å². The summed E-state index contributed by atoms with van der Waals surface area (Å²) in [7, 11) is 1.61. The minimum absolute atomic E-state index is 0.269. The Morgan fingerprint density at radius 2 is 2.00 bits per heavy atom. The first-order valence-corrected chi connectivity index (χ1v) is 9.94. The number of anilines is 1. The number of pyridine rings is 1. The summed E-state index contributed by atoms with van der Waals surface area (Å²) in [6, 6.07) is 7.24. The zero-order chi connectivity index (χ0) is 22.3. The molecule has 4 rings (SSSR count). The Morgan fingerprint density at radius 3 is 2.71 bits per heavy atom. The number of aromatic nitrogens is 5. The average Bonchev–Trinajstić information content (AvgIpc) is 3.12. The SMILES string of the molecule is COc1c(C(C)n2nc(C)c3c(N)ncnc32)cc(Cl)c(C)c1-c1ccnc(C#N)c1. The molecule has 0 aliphatic carbocycles. The minimum atomic E-state index is -0.269. The summed E-state index contributed by atoms with van der Waals surface area (Å²) in [4.78, 5) is 12.5. The Hall–Kier alpha value is -3.70. The van der Waals surface area contributed by atoms with Crippen molar-refractivity contribution in [3.63, 3.8) is 0 Å². The van der Waals surface area contributed by atoms with E-state index < -0.39 is 0 Å². The van der Waals surface area contributed by atoms with Crippen LogP contribution in [0, 0.1) is 25.2 Å². The van der Waals surface area contributed by atoms with Crippen molar-refractivity contribution in [1.29, 1.82) is 5.26 Å².